The molecule has 4 heteroatoms. The number of hydrogen-bond donors (Lipinski definition) is 1. The number of rotatable bonds is 6. The number of anilines is 2. The summed E-state index contributed by atoms with van der Waals surface area (Å²) in [6.45, 7) is 2.38. The Morgan fingerprint density at radius 3 is 2.08 bits per heavy atom. The van der Waals surface area contributed by atoms with Gasteiger partial charge in [-0.1, -0.05) is 36.4 Å². The summed E-state index contributed by atoms with van der Waals surface area (Å²) < 4.78 is 5.43. The SMILES string of the molecule is CCOc1cc(C=NN(c2ccccc2)c2ccccc2)ccc1O. The van der Waals surface area contributed by atoms with Gasteiger partial charge in [-0.15, -0.1) is 0 Å². The summed E-state index contributed by atoms with van der Waals surface area (Å²) >= 11 is 0. The molecule has 0 spiro atoms. The normalized spacial score (nSPS) is 10.8. The molecule has 0 aliphatic carbocycles. The third-order valence-electron chi connectivity index (χ3n) is 3.61. The van der Waals surface area contributed by atoms with Gasteiger partial charge in [0.15, 0.2) is 11.5 Å². The Bertz CT molecular complexity index is 794. The molecular weight excluding hydrogens is 312 g/mol. The maximum absolute atomic E-state index is 9.82. The molecule has 3 aromatic rings. The third kappa shape index (κ3) is 4.18. The standard InChI is InChI=1S/C21H20N2O2/c1-2-25-21-15-17(13-14-20(21)24)16-22-23(18-9-5-3-6-10-18)19-11-7-4-8-12-19/h3-16,24H,2H2,1H3. The van der Waals surface area contributed by atoms with Crippen LogP contribution in [0.5, 0.6) is 11.5 Å². The summed E-state index contributed by atoms with van der Waals surface area (Å²) in [5, 5.41) is 16.3. The van der Waals surface area contributed by atoms with E-state index in [4.69, 9.17) is 4.74 Å². The molecule has 0 fully saturated rings. The van der Waals surface area contributed by atoms with Gasteiger partial charge in [0.25, 0.3) is 0 Å². The Balaban J connectivity index is 1.93. The van der Waals surface area contributed by atoms with Gasteiger partial charge < -0.3 is 9.84 Å². The van der Waals surface area contributed by atoms with E-state index in [0.717, 1.165) is 16.9 Å². The molecule has 1 N–H and O–H groups in total. The predicted molar refractivity (Wildman–Crippen MR) is 102 cm³/mol. The van der Waals surface area contributed by atoms with Gasteiger partial charge in [0.2, 0.25) is 0 Å². The minimum Gasteiger partial charge on any atom is -0.504 e. The fourth-order valence-electron chi connectivity index (χ4n) is 2.43. The van der Waals surface area contributed by atoms with Crippen molar-refractivity contribution >= 4 is 17.6 Å². The molecule has 0 amide bonds. The highest BCUT2D eigenvalue weighted by atomic mass is 16.5. The van der Waals surface area contributed by atoms with Gasteiger partial charge in [-0.3, -0.25) is 0 Å². The van der Waals surface area contributed by atoms with E-state index in [1.54, 1.807) is 24.4 Å². The van der Waals surface area contributed by atoms with E-state index in [2.05, 4.69) is 5.10 Å². The van der Waals surface area contributed by atoms with Crippen LogP contribution in [0.2, 0.25) is 0 Å². The van der Waals surface area contributed by atoms with Crippen molar-refractivity contribution in [2.75, 3.05) is 11.6 Å². The average Bonchev–Trinajstić information content (AvgIpc) is 2.66. The average molecular weight is 332 g/mol. The first kappa shape index (κ1) is 16.6. The molecule has 0 heterocycles. The van der Waals surface area contributed by atoms with Crippen molar-refractivity contribution in [1.29, 1.82) is 0 Å². The second-order valence-corrected chi connectivity index (χ2v) is 5.39. The van der Waals surface area contributed by atoms with Crippen LogP contribution in [0.1, 0.15) is 12.5 Å². The van der Waals surface area contributed by atoms with E-state index in [-0.39, 0.29) is 5.75 Å². The highest BCUT2D eigenvalue weighted by Gasteiger charge is 2.07. The molecule has 4 nitrogen and oxygen atoms in total. The third-order valence-corrected chi connectivity index (χ3v) is 3.61. The van der Waals surface area contributed by atoms with Crippen LogP contribution in [0.3, 0.4) is 0 Å². The summed E-state index contributed by atoms with van der Waals surface area (Å²) in [4.78, 5) is 0. The first-order valence-corrected chi connectivity index (χ1v) is 8.18. The van der Waals surface area contributed by atoms with Crippen LogP contribution in [0, 0.1) is 0 Å². The molecule has 126 valence electrons. The molecule has 0 aliphatic heterocycles. The number of para-hydroxylation sites is 2. The summed E-state index contributed by atoms with van der Waals surface area (Å²) in [7, 11) is 0. The van der Waals surface area contributed by atoms with Gasteiger partial charge in [-0.05, 0) is 55.0 Å². The Labute approximate surface area is 147 Å². The summed E-state index contributed by atoms with van der Waals surface area (Å²) in [5.74, 6) is 0.583. The summed E-state index contributed by atoms with van der Waals surface area (Å²) in [6, 6.07) is 25.1. The maximum atomic E-state index is 9.82. The molecule has 0 saturated heterocycles. The number of phenols is 1. The van der Waals surface area contributed by atoms with Gasteiger partial charge in [0.05, 0.1) is 24.2 Å². The van der Waals surface area contributed by atoms with Crippen molar-refractivity contribution in [3.05, 3.63) is 84.4 Å². The van der Waals surface area contributed by atoms with Crippen LogP contribution in [-0.2, 0) is 0 Å². The number of nitrogens with zero attached hydrogens (tertiary/aromatic N) is 2. The Morgan fingerprint density at radius 1 is 0.920 bits per heavy atom. The molecule has 3 aromatic carbocycles. The lowest BCUT2D eigenvalue weighted by molar-refractivity contribution is 0.318. The van der Waals surface area contributed by atoms with Crippen LogP contribution in [-0.4, -0.2) is 17.9 Å². The van der Waals surface area contributed by atoms with Crippen LogP contribution in [0.25, 0.3) is 0 Å². The van der Waals surface area contributed by atoms with Gasteiger partial charge in [0.1, 0.15) is 0 Å². The van der Waals surface area contributed by atoms with E-state index in [1.165, 1.54) is 0 Å². The second kappa shape index (κ2) is 8.02. The second-order valence-electron chi connectivity index (χ2n) is 5.39. The zero-order chi connectivity index (χ0) is 17.5. The molecule has 0 aromatic heterocycles. The van der Waals surface area contributed by atoms with Crippen molar-refractivity contribution < 1.29 is 9.84 Å². The molecule has 0 bridgehead atoms. The lowest BCUT2D eigenvalue weighted by Gasteiger charge is -2.19. The molecule has 0 saturated carbocycles. The number of hydrazone groups is 1. The molecular formula is C21H20N2O2. The van der Waals surface area contributed by atoms with Crippen LogP contribution >= 0.6 is 0 Å². The monoisotopic (exact) mass is 332 g/mol. The maximum Gasteiger partial charge on any atom is 0.161 e. The Kier molecular flexibility index (Phi) is 5.32. The molecule has 0 unspecified atom stereocenters. The minimum absolute atomic E-state index is 0.127. The fourth-order valence-corrected chi connectivity index (χ4v) is 2.43. The molecule has 3 rings (SSSR count). The van der Waals surface area contributed by atoms with Crippen LogP contribution in [0.4, 0.5) is 11.4 Å². The highest BCUT2D eigenvalue weighted by molar-refractivity contribution is 5.82. The van der Waals surface area contributed by atoms with Crippen molar-refractivity contribution in [2.24, 2.45) is 5.10 Å². The van der Waals surface area contributed by atoms with E-state index >= 15 is 0 Å². The van der Waals surface area contributed by atoms with Crippen LogP contribution in [0.15, 0.2) is 84.0 Å². The van der Waals surface area contributed by atoms with Gasteiger partial charge in [-0.2, -0.15) is 5.10 Å². The smallest absolute Gasteiger partial charge is 0.161 e. The lowest BCUT2D eigenvalue weighted by Crippen LogP contribution is -2.09. The van der Waals surface area contributed by atoms with E-state index in [0.29, 0.717) is 12.4 Å². The number of hydrogen-bond acceptors (Lipinski definition) is 4. The highest BCUT2D eigenvalue weighted by Crippen LogP contribution is 2.27. The number of benzene rings is 3. The molecule has 0 aliphatic rings. The van der Waals surface area contributed by atoms with E-state index in [9.17, 15) is 5.11 Å². The van der Waals surface area contributed by atoms with E-state index in [1.807, 2.05) is 72.6 Å². The first-order valence-electron chi connectivity index (χ1n) is 8.18. The number of ether oxygens (including phenoxy) is 1. The molecule has 25 heavy (non-hydrogen) atoms. The Hall–Kier alpha value is -3.27. The van der Waals surface area contributed by atoms with Gasteiger partial charge in [0, 0.05) is 0 Å². The van der Waals surface area contributed by atoms with Crippen LogP contribution < -0.4 is 9.75 Å². The summed E-state index contributed by atoms with van der Waals surface area (Å²) in [5.41, 5.74) is 2.78. The largest absolute Gasteiger partial charge is 0.504 e. The summed E-state index contributed by atoms with van der Waals surface area (Å²) in [6.07, 6.45) is 1.75. The van der Waals surface area contributed by atoms with Crippen molar-refractivity contribution in [2.45, 2.75) is 6.92 Å². The van der Waals surface area contributed by atoms with Crippen molar-refractivity contribution in [3.63, 3.8) is 0 Å². The predicted octanol–water partition coefficient (Wildman–Crippen LogP) is 4.96. The zero-order valence-electron chi connectivity index (χ0n) is 14.0. The first-order chi connectivity index (χ1) is 12.3. The lowest BCUT2D eigenvalue weighted by atomic mass is 10.2. The Morgan fingerprint density at radius 2 is 1.52 bits per heavy atom. The van der Waals surface area contributed by atoms with Gasteiger partial charge >= 0.3 is 0 Å². The number of phenolic OH excluding ortho intramolecular Hbond substituents is 1. The van der Waals surface area contributed by atoms with Gasteiger partial charge in [-0.25, -0.2) is 5.01 Å². The van der Waals surface area contributed by atoms with Crippen molar-refractivity contribution in [3.8, 4) is 11.5 Å². The number of aromatic hydroxyl groups is 1. The van der Waals surface area contributed by atoms with Crippen molar-refractivity contribution in [1.82, 2.24) is 0 Å². The topological polar surface area (TPSA) is 45.1 Å². The molecule has 0 atom stereocenters. The quantitative estimate of drug-likeness (QED) is 0.512. The van der Waals surface area contributed by atoms with E-state index < -0.39 is 0 Å². The fraction of sp³-hybridized carbons (Fsp3) is 0.0952. The molecule has 0 radical (unpaired) electrons. The minimum atomic E-state index is 0.127. The zero-order valence-corrected chi connectivity index (χ0v) is 14.0.